The fourth-order valence-electron chi connectivity index (χ4n) is 3.74. The van der Waals surface area contributed by atoms with Gasteiger partial charge in [0, 0.05) is 20.2 Å². The van der Waals surface area contributed by atoms with Gasteiger partial charge in [0.15, 0.2) is 0 Å². The van der Waals surface area contributed by atoms with Gasteiger partial charge in [-0.1, -0.05) is 48.5 Å². The highest BCUT2D eigenvalue weighted by molar-refractivity contribution is 7.26. The fraction of sp³-hybridized carbons (Fsp3) is 0.273. The first kappa shape index (κ1) is 16.3. The van der Waals surface area contributed by atoms with E-state index >= 15 is 0 Å². The monoisotopic (exact) mass is 360 g/mol. The normalized spacial score (nSPS) is 19.0. The summed E-state index contributed by atoms with van der Waals surface area (Å²) in [5.41, 5.74) is 0.435. The van der Waals surface area contributed by atoms with E-state index in [1.807, 2.05) is 11.3 Å². The number of hydrogen-bond donors (Lipinski definition) is 0. The highest BCUT2D eigenvalue weighted by atomic mass is 32.1. The van der Waals surface area contributed by atoms with Crippen LogP contribution in [0.4, 0.5) is 0 Å². The van der Waals surface area contributed by atoms with Gasteiger partial charge < -0.3 is 9.31 Å². The van der Waals surface area contributed by atoms with Crippen LogP contribution < -0.4 is 5.46 Å². The Labute approximate surface area is 157 Å². The van der Waals surface area contributed by atoms with E-state index in [1.54, 1.807) is 0 Å². The maximum Gasteiger partial charge on any atom is 0.495 e. The summed E-state index contributed by atoms with van der Waals surface area (Å²) in [7, 11) is -0.354. The highest BCUT2D eigenvalue weighted by Gasteiger charge is 2.52. The summed E-state index contributed by atoms with van der Waals surface area (Å²) in [6.07, 6.45) is 0. The maximum atomic E-state index is 6.38. The summed E-state index contributed by atoms with van der Waals surface area (Å²) < 4.78 is 15.4. The van der Waals surface area contributed by atoms with Crippen molar-refractivity contribution in [3.8, 4) is 0 Å². The molecule has 0 saturated carbocycles. The Balaban J connectivity index is 1.83. The summed E-state index contributed by atoms with van der Waals surface area (Å²) >= 11 is 1.86. The smallest absolute Gasteiger partial charge is 0.399 e. The van der Waals surface area contributed by atoms with Crippen molar-refractivity contribution in [2.24, 2.45) is 0 Å². The van der Waals surface area contributed by atoms with Crippen LogP contribution in [0.25, 0.3) is 30.9 Å². The molecule has 0 unspecified atom stereocenters. The fourth-order valence-corrected chi connectivity index (χ4v) is 4.96. The molecule has 4 heteroatoms. The molecule has 0 aliphatic carbocycles. The number of hydrogen-bond acceptors (Lipinski definition) is 3. The van der Waals surface area contributed by atoms with Crippen LogP contribution in [0.15, 0.2) is 54.6 Å². The van der Waals surface area contributed by atoms with E-state index in [4.69, 9.17) is 9.31 Å². The van der Waals surface area contributed by atoms with E-state index in [1.165, 1.54) is 30.9 Å². The van der Waals surface area contributed by atoms with Gasteiger partial charge in [0.05, 0.1) is 11.2 Å². The zero-order valence-electron chi connectivity index (χ0n) is 15.5. The molecule has 1 saturated heterocycles. The lowest BCUT2D eigenvalue weighted by molar-refractivity contribution is 0.00578. The van der Waals surface area contributed by atoms with Crippen LogP contribution in [-0.4, -0.2) is 18.3 Å². The summed E-state index contributed by atoms with van der Waals surface area (Å²) in [5.74, 6) is 0. The number of thiophene rings is 1. The number of benzene rings is 3. The molecule has 1 aliphatic rings. The first-order valence-corrected chi connectivity index (χ1v) is 9.88. The Kier molecular flexibility index (Phi) is 3.34. The van der Waals surface area contributed by atoms with E-state index in [0.717, 1.165) is 5.46 Å². The molecule has 3 aromatic carbocycles. The third-order valence-corrected chi connectivity index (χ3v) is 7.14. The zero-order chi connectivity index (χ0) is 18.1. The maximum absolute atomic E-state index is 6.38. The molecule has 2 nitrogen and oxygen atoms in total. The van der Waals surface area contributed by atoms with Crippen LogP contribution in [0, 0.1) is 0 Å². The second kappa shape index (κ2) is 5.32. The molecule has 4 aromatic rings. The molecule has 0 radical (unpaired) electrons. The van der Waals surface area contributed by atoms with Crippen molar-refractivity contribution in [2.75, 3.05) is 0 Å². The minimum absolute atomic E-state index is 0.343. The van der Waals surface area contributed by atoms with E-state index in [2.05, 4.69) is 82.3 Å². The molecule has 1 aromatic heterocycles. The van der Waals surface area contributed by atoms with E-state index in [-0.39, 0.29) is 18.3 Å². The lowest BCUT2D eigenvalue weighted by atomic mass is 9.75. The molecular weight excluding hydrogens is 339 g/mol. The largest absolute Gasteiger partial charge is 0.495 e. The average molecular weight is 360 g/mol. The standard InChI is InChI=1S/C22H21BO2S/c1-21(2)22(3,4)25-23(24-21)18-13-17-15-10-7-8-12-19(15)26-20(17)16-11-6-5-9-14(16)18/h5-13H,1-4H3. The molecule has 0 atom stereocenters. The van der Waals surface area contributed by atoms with Crippen molar-refractivity contribution >= 4 is 54.9 Å². The molecule has 1 aliphatic heterocycles. The van der Waals surface area contributed by atoms with Gasteiger partial charge in [-0.05, 0) is 50.0 Å². The molecule has 2 heterocycles. The molecular formula is C22H21BO2S. The van der Waals surface area contributed by atoms with E-state index in [0.29, 0.717) is 0 Å². The van der Waals surface area contributed by atoms with Crippen molar-refractivity contribution in [3.63, 3.8) is 0 Å². The van der Waals surface area contributed by atoms with Crippen LogP contribution in [-0.2, 0) is 9.31 Å². The third-order valence-electron chi connectivity index (χ3n) is 5.92. The lowest BCUT2D eigenvalue weighted by Gasteiger charge is -2.32. The second-order valence-corrected chi connectivity index (χ2v) is 9.13. The Bertz CT molecular complexity index is 1140. The summed E-state index contributed by atoms with van der Waals surface area (Å²) in [6, 6.07) is 19.5. The van der Waals surface area contributed by atoms with Gasteiger partial charge in [0.2, 0.25) is 0 Å². The number of rotatable bonds is 1. The minimum Gasteiger partial charge on any atom is -0.399 e. The van der Waals surface area contributed by atoms with Crippen LogP contribution in [0.3, 0.4) is 0 Å². The van der Waals surface area contributed by atoms with Crippen molar-refractivity contribution in [1.82, 2.24) is 0 Å². The van der Waals surface area contributed by atoms with Gasteiger partial charge in [-0.2, -0.15) is 0 Å². The molecule has 5 rings (SSSR count). The Morgan fingerprint density at radius 1 is 0.731 bits per heavy atom. The second-order valence-electron chi connectivity index (χ2n) is 8.07. The number of fused-ring (bicyclic) bond motifs is 5. The Hall–Kier alpha value is -1.88. The van der Waals surface area contributed by atoms with Crippen molar-refractivity contribution in [3.05, 3.63) is 54.6 Å². The van der Waals surface area contributed by atoms with E-state index < -0.39 is 0 Å². The van der Waals surface area contributed by atoms with Gasteiger partial charge in [0.25, 0.3) is 0 Å². The minimum atomic E-state index is -0.354. The molecule has 0 amide bonds. The van der Waals surface area contributed by atoms with Gasteiger partial charge in [-0.3, -0.25) is 0 Å². The average Bonchev–Trinajstić information content (AvgIpc) is 3.08. The van der Waals surface area contributed by atoms with Gasteiger partial charge >= 0.3 is 7.12 Å². The topological polar surface area (TPSA) is 18.5 Å². The zero-order valence-corrected chi connectivity index (χ0v) is 16.3. The SMILES string of the molecule is CC1(C)OB(c2cc3c4ccccc4sc3c3ccccc23)OC1(C)C. The molecule has 130 valence electrons. The Morgan fingerprint density at radius 3 is 2.00 bits per heavy atom. The van der Waals surface area contributed by atoms with E-state index in [9.17, 15) is 0 Å². The highest BCUT2D eigenvalue weighted by Crippen LogP contribution is 2.40. The summed E-state index contributed by atoms with van der Waals surface area (Å²) in [5, 5.41) is 5.08. The van der Waals surface area contributed by atoms with Gasteiger partial charge in [-0.25, -0.2) is 0 Å². The molecule has 1 fully saturated rings. The Morgan fingerprint density at radius 2 is 1.31 bits per heavy atom. The third kappa shape index (κ3) is 2.19. The van der Waals surface area contributed by atoms with Gasteiger partial charge in [-0.15, -0.1) is 11.3 Å². The quantitative estimate of drug-likeness (QED) is 0.417. The molecule has 0 spiro atoms. The predicted octanol–water partition coefficient (Wildman–Crippen LogP) is 5.51. The van der Waals surface area contributed by atoms with Crippen molar-refractivity contribution in [2.45, 2.75) is 38.9 Å². The molecule has 0 bridgehead atoms. The lowest BCUT2D eigenvalue weighted by Crippen LogP contribution is -2.41. The van der Waals surface area contributed by atoms with Crippen LogP contribution >= 0.6 is 11.3 Å². The first-order chi connectivity index (χ1) is 12.4. The molecule has 0 N–H and O–H groups in total. The van der Waals surface area contributed by atoms with Crippen LogP contribution in [0.2, 0.25) is 0 Å². The summed E-state index contributed by atoms with van der Waals surface area (Å²) in [4.78, 5) is 0. The van der Waals surface area contributed by atoms with Gasteiger partial charge in [0.1, 0.15) is 0 Å². The summed E-state index contributed by atoms with van der Waals surface area (Å²) in [6.45, 7) is 8.42. The molecule has 26 heavy (non-hydrogen) atoms. The first-order valence-electron chi connectivity index (χ1n) is 9.06. The van der Waals surface area contributed by atoms with Crippen LogP contribution in [0.5, 0.6) is 0 Å². The van der Waals surface area contributed by atoms with Crippen molar-refractivity contribution in [1.29, 1.82) is 0 Å². The van der Waals surface area contributed by atoms with Crippen molar-refractivity contribution < 1.29 is 9.31 Å². The van der Waals surface area contributed by atoms with Crippen LogP contribution in [0.1, 0.15) is 27.7 Å². The predicted molar refractivity (Wildman–Crippen MR) is 113 cm³/mol.